The molecule has 0 atom stereocenters. The van der Waals surface area contributed by atoms with Crippen LogP contribution in [0.5, 0.6) is 0 Å². The van der Waals surface area contributed by atoms with Crippen LogP contribution in [0.15, 0.2) is 16.7 Å². The summed E-state index contributed by atoms with van der Waals surface area (Å²) in [6, 6.07) is 4.23. The van der Waals surface area contributed by atoms with Gasteiger partial charge in [-0.1, -0.05) is 0 Å². The summed E-state index contributed by atoms with van der Waals surface area (Å²) in [6.45, 7) is 8.48. The van der Waals surface area contributed by atoms with Crippen molar-refractivity contribution in [2.24, 2.45) is 0 Å². The first kappa shape index (κ1) is 15.8. The summed E-state index contributed by atoms with van der Waals surface area (Å²) in [5.41, 5.74) is 0.661. The van der Waals surface area contributed by atoms with Crippen LogP contribution in [0.4, 0.5) is 0 Å². The van der Waals surface area contributed by atoms with Gasteiger partial charge in [0.1, 0.15) is 5.69 Å². The van der Waals surface area contributed by atoms with Crippen molar-refractivity contribution in [3.8, 4) is 6.07 Å². The van der Waals surface area contributed by atoms with Gasteiger partial charge in [-0.3, -0.25) is 4.79 Å². The van der Waals surface area contributed by atoms with E-state index in [-0.39, 0.29) is 18.0 Å². The van der Waals surface area contributed by atoms with Gasteiger partial charge in [0.15, 0.2) is 0 Å². The van der Waals surface area contributed by atoms with E-state index in [2.05, 4.69) is 22.0 Å². The number of rotatable bonds is 5. The van der Waals surface area contributed by atoms with Crippen LogP contribution in [0.25, 0.3) is 0 Å². The minimum atomic E-state index is -0.0235. The summed E-state index contributed by atoms with van der Waals surface area (Å²) in [6.07, 6.45) is 2.27. The molecule has 1 rings (SSSR count). The highest BCUT2D eigenvalue weighted by Crippen LogP contribution is 2.21. The molecule has 1 aromatic rings. The first-order valence-corrected chi connectivity index (χ1v) is 7.23. The van der Waals surface area contributed by atoms with Crippen molar-refractivity contribution >= 4 is 21.8 Å². The smallest absolute Gasteiger partial charge is 0.270 e. The lowest BCUT2D eigenvalue weighted by atomic mass is 10.2. The highest BCUT2D eigenvalue weighted by Gasteiger charge is 2.22. The van der Waals surface area contributed by atoms with E-state index in [0.717, 1.165) is 4.47 Å². The summed E-state index contributed by atoms with van der Waals surface area (Å²) in [4.78, 5) is 14.3. The SMILES string of the molecule is CC(C)N(CCC#N)C(=O)c1cc(Br)cn1C(C)C. The second kappa shape index (κ2) is 6.76. The maximum absolute atomic E-state index is 12.6. The molecule has 0 aromatic carbocycles. The lowest BCUT2D eigenvalue weighted by Crippen LogP contribution is -2.38. The van der Waals surface area contributed by atoms with E-state index in [0.29, 0.717) is 18.7 Å². The lowest BCUT2D eigenvalue weighted by molar-refractivity contribution is 0.0697. The number of carbonyl (C=O) groups excluding carboxylic acids is 1. The van der Waals surface area contributed by atoms with Crippen molar-refractivity contribution in [2.45, 2.75) is 46.2 Å². The van der Waals surface area contributed by atoms with Crippen LogP contribution in [-0.2, 0) is 0 Å². The third kappa shape index (κ3) is 3.84. The summed E-state index contributed by atoms with van der Waals surface area (Å²) in [5.74, 6) is -0.0235. The summed E-state index contributed by atoms with van der Waals surface area (Å²) in [7, 11) is 0. The minimum absolute atomic E-state index is 0.0235. The number of amides is 1. The predicted octanol–water partition coefficient (Wildman–Crippen LogP) is 3.60. The lowest BCUT2D eigenvalue weighted by Gasteiger charge is -2.27. The van der Waals surface area contributed by atoms with Crippen LogP contribution in [0.2, 0.25) is 0 Å². The van der Waals surface area contributed by atoms with E-state index in [9.17, 15) is 4.79 Å². The van der Waals surface area contributed by atoms with Gasteiger partial charge in [0.25, 0.3) is 5.91 Å². The Balaban J connectivity index is 3.06. The predicted molar refractivity (Wildman–Crippen MR) is 78.9 cm³/mol. The van der Waals surface area contributed by atoms with Gasteiger partial charge < -0.3 is 9.47 Å². The van der Waals surface area contributed by atoms with Gasteiger partial charge in [0.2, 0.25) is 0 Å². The largest absolute Gasteiger partial charge is 0.340 e. The molecule has 0 aliphatic rings. The summed E-state index contributed by atoms with van der Waals surface area (Å²) in [5, 5.41) is 8.70. The number of halogens is 1. The van der Waals surface area contributed by atoms with E-state index in [1.165, 1.54) is 0 Å². The molecule has 104 valence electrons. The third-order valence-electron chi connectivity index (χ3n) is 2.94. The molecular formula is C14H20BrN3O. The summed E-state index contributed by atoms with van der Waals surface area (Å²) < 4.78 is 2.85. The zero-order chi connectivity index (χ0) is 14.6. The zero-order valence-electron chi connectivity index (χ0n) is 11.9. The van der Waals surface area contributed by atoms with Gasteiger partial charge in [-0.05, 0) is 49.7 Å². The number of carbonyl (C=O) groups is 1. The number of hydrogen-bond donors (Lipinski definition) is 0. The quantitative estimate of drug-likeness (QED) is 0.830. The Morgan fingerprint density at radius 3 is 2.58 bits per heavy atom. The molecule has 19 heavy (non-hydrogen) atoms. The third-order valence-corrected chi connectivity index (χ3v) is 3.37. The van der Waals surface area contributed by atoms with Crippen LogP contribution < -0.4 is 0 Å². The van der Waals surface area contributed by atoms with E-state index in [1.807, 2.05) is 44.5 Å². The molecule has 0 aliphatic carbocycles. The molecular weight excluding hydrogens is 306 g/mol. The Hall–Kier alpha value is -1.28. The molecule has 4 nitrogen and oxygen atoms in total. The standard InChI is InChI=1S/C14H20BrN3O/c1-10(2)17(7-5-6-16)14(19)13-8-12(15)9-18(13)11(3)4/h8-11H,5,7H2,1-4H3. The van der Waals surface area contributed by atoms with Gasteiger partial charge in [-0.15, -0.1) is 0 Å². The minimum Gasteiger partial charge on any atom is -0.340 e. The molecule has 0 saturated carbocycles. The zero-order valence-corrected chi connectivity index (χ0v) is 13.4. The molecule has 0 saturated heterocycles. The Morgan fingerprint density at radius 1 is 1.47 bits per heavy atom. The maximum atomic E-state index is 12.6. The summed E-state index contributed by atoms with van der Waals surface area (Å²) >= 11 is 3.41. The number of hydrogen-bond acceptors (Lipinski definition) is 2. The second-order valence-corrected chi connectivity index (χ2v) is 5.96. The molecule has 1 heterocycles. The van der Waals surface area contributed by atoms with Crippen molar-refractivity contribution in [3.63, 3.8) is 0 Å². The van der Waals surface area contributed by atoms with Gasteiger partial charge in [-0.25, -0.2) is 0 Å². The van der Waals surface area contributed by atoms with Crippen molar-refractivity contribution < 1.29 is 4.79 Å². The Bertz CT molecular complexity index is 485. The van der Waals surface area contributed by atoms with E-state index in [1.54, 1.807) is 4.90 Å². The fourth-order valence-electron chi connectivity index (χ4n) is 1.96. The average molecular weight is 326 g/mol. The van der Waals surface area contributed by atoms with Crippen molar-refractivity contribution in [2.75, 3.05) is 6.54 Å². The van der Waals surface area contributed by atoms with Gasteiger partial charge in [-0.2, -0.15) is 5.26 Å². The number of aromatic nitrogens is 1. The Kier molecular flexibility index (Phi) is 5.61. The molecule has 0 bridgehead atoms. The normalized spacial score (nSPS) is 10.8. The highest BCUT2D eigenvalue weighted by atomic mass is 79.9. The molecule has 0 fully saturated rings. The molecule has 0 spiro atoms. The van der Waals surface area contributed by atoms with Crippen molar-refractivity contribution in [1.29, 1.82) is 5.26 Å². The Labute approximate surface area is 123 Å². The topological polar surface area (TPSA) is 49.0 Å². The first-order valence-electron chi connectivity index (χ1n) is 6.43. The molecule has 1 amide bonds. The van der Waals surface area contributed by atoms with E-state index >= 15 is 0 Å². The average Bonchev–Trinajstić information content (AvgIpc) is 2.71. The monoisotopic (exact) mass is 325 g/mol. The molecule has 0 N–H and O–H groups in total. The molecule has 1 aromatic heterocycles. The van der Waals surface area contributed by atoms with Crippen molar-refractivity contribution in [1.82, 2.24) is 9.47 Å². The van der Waals surface area contributed by atoms with Gasteiger partial charge in [0, 0.05) is 29.3 Å². The van der Waals surface area contributed by atoms with Gasteiger partial charge in [0.05, 0.1) is 12.5 Å². The molecule has 0 aliphatic heterocycles. The second-order valence-electron chi connectivity index (χ2n) is 5.04. The molecule has 0 radical (unpaired) electrons. The van der Waals surface area contributed by atoms with Gasteiger partial charge >= 0.3 is 0 Å². The highest BCUT2D eigenvalue weighted by molar-refractivity contribution is 9.10. The fraction of sp³-hybridized carbons (Fsp3) is 0.571. The van der Waals surface area contributed by atoms with Crippen LogP contribution in [-0.4, -0.2) is 28.0 Å². The molecule has 5 heteroatoms. The first-order chi connectivity index (χ1) is 8.88. The van der Waals surface area contributed by atoms with Crippen LogP contribution in [0.1, 0.15) is 50.6 Å². The van der Waals surface area contributed by atoms with Crippen LogP contribution >= 0.6 is 15.9 Å². The fourth-order valence-corrected chi connectivity index (χ4v) is 2.39. The van der Waals surface area contributed by atoms with E-state index < -0.39 is 0 Å². The number of nitriles is 1. The maximum Gasteiger partial charge on any atom is 0.270 e. The Morgan fingerprint density at radius 2 is 2.11 bits per heavy atom. The number of nitrogens with zero attached hydrogens (tertiary/aromatic N) is 3. The van der Waals surface area contributed by atoms with E-state index in [4.69, 9.17) is 5.26 Å². The van der Waals surface area contributed by atoms with Crippen LogP contribution in [0.3, 0.4) is 0 Å². The van der Waals surface area contributed by atoms with Crippen LogP contribution in [0, 0.1) is 11.3 Å². The molecule has 0 unspecified atom stereocenters. The van der Waals surface area contributed by atoms with Crippen molar-refractivity contribution in [3.05, 3.63) is 22.4 Å².